The van der Waals surface area contributed by atoms with Gasteiger partial charge in [-0.3, -0.25) is 14.7 Å². The summed E-state index contributed by atoms with van der Waals surface area (Å²) in [5.74, 6) is 0.0377. The van der Waals surface area contributed by atoms with Crippen molar-refractivity contribution in [3.63, 3.8) is 0 Å². The predicted octanol–water partition coefficient (Wildman–Crippen LogP) is 6.20. The number of anilines is 1. The van der Waals surface area contributed by atoms with E-state index in [-0.39, 0.29) is 11.3 Å². The van der Waals surface area contributed by atoms with Crippen LogP contribution in [0.15, 0.2) is 46.9 Å². The zero-order valence-electron chi connectivity index (χ0n) is 16.4. The number of carbonyl (C=O) groups excluding carboxylic acids is 1. The van der Waals surface area contributed by atoms with E-state index in [1.165, 1.54) is 0 Å². The molecule has 0 bridgehead atoms. The van der Waals surface area contributed by atoms with Gasteiger partial charge in [0.15, 0.2) is 0 Å². The highest BCUT2D eigenvalue weighted by Gasteiger charge is 2.42. The number of rotatable bonds is 1. The number of fused-ring (bicyclic) bond motifs is 2. The van der Waals surface area contributed by atoms with E-state index in [1.54, 1.807) is 0 Å². The molecule has 0 atom stereocenters. The van der Waals surface area contributed by atoms with Crippen molar-refractivity contribution < 1.29 is 4.79 Å². The third-order valence-electron chi connectivity index (χ3n) is 5.55. The van der Waals surface area contributed by atoms with Crippen molar-refractivity contribution in [2.24, 2.45) is 5.41 Å². The molecule has 2 heterocycles. The van der Waals surface area contributed by atoms with Crippen LogP contribution in [0.5, 0.6) is 0 Å². The molecule has 0 N–H and O–H groups in total. The lowest BCUT2D eigenvalue weighted by Crippen LogP contribution is -2.26. The lowest BCUT2D eigenvalue weighted by molar-refractivity contribution is 0.101. The van der Waals surface area contributed by atoms with Crippen LogP contribution in [0.25, 0.3) is 16.6 Å². The molecule has 4 heteroatoms. The Balaban J connectivity index is 1.86. The average molecular weight is 433 g/mol. The molecular weight excluding hydrogens is 412 g/mol. The number of pyridine rings is 1. The highest BCUT2D eigenvalue weighted by molar-refractivity contribution is 9.10. The van der Waals surface area contributed by atoms with Crippen LogP contribution in [0.1, 0.15) is 46.6 Å². The van der Waals surface area contributed by atoms with Crippen LogP contribution >= 0.6 is 15.9 Å². The van der Waals surface area contributed by atoms with E-state index in [9.17, 15) is 4.79 Å². The first kappa shape index (κ1) is 17.6. The van der Waals surface area contributed by atoms with Crippen molar-refractivity contribution in [3.8, 4) is 0 Å². The monoisotopic (exact) mass is 432 g/mol. The number of hydrogen-bond donors (Lipinski definition) is 0. The maximum absolute atomic E-state index is 13.7. The van der Waals surface area contributed by atoms with Gasteiger partial charge in [0.05, 0.1) is 22.5 Å². The Kier molecular flexibility index (Phi) is 3.63. The molecule has 0 radical (unpaired) electrons. The molecule has 0 saturated carbocycles. The highest BCUT2D eigenvalue weighted by atomic mass is 79.9. The molecule has 0 saturated heterocycles. The molecular formula is C24H21BrN2O. The molecule has 1 aromatic heterocycles. The van der Waals surface area contributed by atoms with E-state index >= 15 is 0 Å². The van der Waals surface area contributed by atoms with Gasteiger partial charge in [-0.2, -0.15) is 0 Å². The molecule has 1 aliphatic heterocycles. The van der Waals surface area contributed by atoms with Crippen LogP contribution in [0.3, 0.4) is 0 Å². The molecule has 3 aromatic rings. The van der Waals surface area contributed by atoms with Crippen LogP contribution in [0, 0.1) is 19.3 Å². The van der Waals surface area contributed by atoms with Crippen LogP contribution in [-0.2, 0) is 6.42 Å². The normalized spacial score (nSPS) is 17.1. The van der Waals surface area contributed by atoms with Gasteiger partial charge in [0.2, 0.25) is 0 Å². The number of nitrogens with zero attached hydrogens (tertiary/aromatic N) is 2. The molecule has 3 nitrogen and oxygen atoms in total. The van der Waals surface area contributed by atoms with Gasteiger partial charge < -0.3 is 0 Å². The molecule has 28 heavy (non-hydrogen) atoms. The van der Waals surface area contributed by atoms with Gasteiger partial charge in [-0.25, -0.2) is 0 Å². The Morgan fingerprint density at radius 2 is 1.75 bits per heavy atom. The summed E-state index contributed by atoms with van der Waals surface area (Å²) in [7, 11) is 0. The largest absolute Gasteiger partial charge is 0.277 e. The second-order valence-electron chi connectivity index (χ2n) is 8.65. The van der Waals surface area contributed by atoms with E-state index in [4.69, 9.17) is 4.98 Å². The summed E-state index contributed by atoms with van der Waals surface area (Å²) in [6, 6.07) is 12.3. The summed E-state index contributed by atoms with van der Waals surface area (Å²) >= 11 is 3.56. The lowest BCUT2D eigenvalue weighted by atomic mass is 9.79. The average Bonchev–Trinajstić information content (AvgIpc) is 2.86. The molecule has 0 spiro atoms. The number of aryl methyl sites for hydroxylation is 2. The molecule has 1 aliphatic carbocycles. The fraction of sp³-hybridized carbons (Fsp3) is 0.250. The molecule has 140 valence electrons. The third kappa shape index (κ3) is 2.55. The minimum atomic E-state index is -0.0582. The number of amides is 1. The van der Waals surface area contributed by atoms with Gasteiger partial charge in [-0.1, -0.05) is 41.9 Å². The minimum absolute atomic E-state index is 0.0377. The minimum Gasteiger partial charge on any atom is -0.277 e. The van der Waals surface area contributed by atoms with Crippen molar-refractivity contribution in [2.45, 2.75) is 34.1 Å². The molecule has 2 aromatic carbocycles. The fourth-order valence-electron chi connectivity index (χ4n) is 4.57. The quantitative estimate of drug-likeness (QED) is 0.458. The summed E-state index contributed by atoms with van der Waals surface area (Å²) in [5.41, 5.74) is 7.84. The number of carbonyl (C=O) groups is 1. The van der Waals surface area contributed by atoms with E-state index < -0.39 is 0 Å². The van der Waals surface area contributed by atoms with Gasteiger partial charge in [-0.05, 0) is 67.1 Å². The zero-order valence-corrected chi connectivity index (χ0v) is 18.0. The van der Waals surface area contributed by atoms with Crippen molar-refractivity contribution in [1.82, 2.24) is 4.98 Å². The maximum atomic E-state index is 13.7. The molecule has 2 aliphatic rings. The zero-order chi connectivity index (χ0) is 19.8. The first-order chi connectivity index (χ1) is 13.2. The Hall–Kier alpha value is -2.46. The first-order valence-electron chi connectivity index (χ1n) is 9.52. The van der Waals surface area contributed by atoms with E-state index in [0.29, 0.717) is 0 Å². The summed E-state index contributed by atoms with van der Waals surface area (Å²) < 4.78 is 0.956. The van der Waals surface area contributed by atoms with Crippen LogP contribution in [0.4, 0.5) is 5.69 Å². The summed E-state index contributed by atoms with van der Waals surface area (Å²) in [5, 5.41) is 0.913. The lowest BCUT2D eigenvalue weighted by Gasteiger charge is -2.30. The second kappa shape index (κ2) is 5.77. The van der Waals surface area contributed by atoms with Crippen LogP contribution in [-0.4, -0.2) is 10.9 Å². The Morgan fingerprint density at radius 1 is 1.04 bits per heavy atom. The molecule has 0 fully saturated rings. The van der Waals surface area contributed by atoms with Crippen molar-refractivity contribution in [3.05, 3.63) is 74.9 Å². The first-order valence-corrected chi connectivity index (χ1v) is 10.3. The number of aromatic nitrogens is 1. The number of allylic oxidation sites excluding steroid dienone is 1. The fourth-order valence-corrected chi connectivity index (χ4v) is 4.93. The van der Waals surface area contributed by atoms with Gasteiger partial charge >= 0.3 is 0 Å². The second-order valence-corrected chi connectivity index (χ2v) is 9.57. The van der Waals surface area contributed by atoms with E-state index in [1.807, 2.05) is 23.1 Å². The molecule has 0 unspecified atom stereocenters. The van der Waals surface area contributed by atoms with Crippen LogP contribution in [0.2, 0.25) is 0 Å². The van der Waals surface area contributed by atoms with Crippen molar-refractivity contribution in [2.75, 3.05) is 4.90 Å². The van der Waals surface area contributed by atoms with E-state index in [2.05, 4.69) is 67.9 Å². The predicted molar refractivity (Wildman–Crippen MR) is 118 cm³/mol. The molecule has 1 amide bonds. The van der Waals surface area contributed by atoms with Crippen LogP contribution < -0.4 is 4.90 Å². The van der Waals surface area contributed by atoms with Gasteiger partial charge in [-0.15, -0.1) is 0 Å². The SMILES string of the molecule is Cc1cc(C)cc(N2C(=O)c3c4c(nc5ccc(Br)cc35)CC(C)(C)C=C42)c1. The Morgan fingerprint density at radius 3 is 2.46 bits per heavy atom. The summed E-state index contributed by atoms with van der Waals surface area (Å²) in [6.45, 7) is 8.56. The Labute approximate surface area is 173 Å². The highest BCUT2D eigenvalue weighted by Crippen LogP contribution is 2.47. The molecule has 5 rings (SSSR count). The number of benzene rings is 2. The van der Waals surface area contributed by atoms with Crippen molar-refractivity contribution >= 4 is 44.1 Å². The smallest absolute Gasteiger partial charge is 0.264 e. The standard InChI is InChI=1S/C24H21BrN2O/c1-13-7-14(2)9-16(8-13)27-20-12-24(3,4)11-19-22(20)21(23(27)28)17-10-15(25)5-6-18(17)26-19/h5-10,12H,11H2,1-4H3. The maximum Gasteiger partial charge on any atom is 0.264 e. The van der Waals surface area contributed by atoms with Gasteiger partial charge in [0, 0.05) is 21.1 Å². The summed E-state index contributed by atoms with van der Waals surface area (Å²) in [6.07, 6.45) is 3.08. The number of hydrogen-bond acceptors (Lipinski definition) is 2. The van der Waals surface area contributed by atoms with Gasteiger partial charge in [0.1, 0.15) is 0 Å². The van der Waals surface area contributed by atoms with E-state index in [0.717, 1.165) is 61.1 Å². The number of halogens is 1. The Bertz CT molecular complexity index is 1200. The third-order valence-corrected chi connectivity index (χ3v) is 6.04. The topological polar surface area (TPSA) is 33.2 Å². The van der Waals surface area contributed by atoms with Gasteiger partial charge in [0.25, 0.3) is 5.91 Å². The summed E-state index contributed by atoms with van der Waals surface area (Å²) in [4.78, 5) is 20.6. The van der Waals surface area contributed by atoms with Crippen molar-refractivity contribution in [1.29, 1.82) is 0 Å².